The summed E-state index contributed by atoms with van der Waals surface area (Å²) in [4.78, 5) is 21.3. The van der Waals surface area contributed by atoms with Gasteiger partial charge in [-0.25, -0.2) is 9.59 Å². The van der Waals surface area contributed by atoms with Crippen LogP contribution in [0.25, 0.3) is 0 Å². The zero-order chi connectivity index (χ0) is 10.6. The molecule has 76 valence electrons. The molecular formula is C9H10O5. The zero-order valence-corrected chi connectivity index (χ0v) is 7.74. The minimum absolute atomic E-state index is 0.133. The summed E-state index contributed by atoms with van der Waals surface area (Å²) >= 11 is 0. The fourth-order valence-electron chi connectivity index (χ4n) is 0.746. The van der Waals surface area contributed by atoms with Crippen molar-refractivity contribution in [3.8, 4) is 0 Å². The summed E-state index contributed by atoms with van der Waals surface area (Å²) in [6, 6.07) is 0. The Kier molecular flexibility index (Phi) is 3.28. The van der Waals surface area contributed by atoms with E-state index in [2.05, 4.69) is 15.4 Å². The monoisotopic (exact) mass is 198 g/mol. The van der Waals surface area contributed by atoms with Gasteiger partial charge in [-0.1, -0.05) is 6.58 Å². The van der Waals surface area contributed by atoms with Gasteiger partial charge in [-0.2, -0.15) is 0 Å². The molecule has 1 heterocycles. The molecule has 0 radical (unpaired) electrons. The van der Waals surface area contributed by atoms with E-state index in [1.54, 1.807) is 6.92 Å². The number of hydrogen-bond acceptors (Lipinski definition) is 5. The molecule has 0 unspecified atom stereocenters. The Morgan fingerprint density at radius 2 is 2.36 bits per heavy atom. The van der Waals surface area contributed by atoms with Crippen LogP contribution in [0.2, 0.25) is 0 Å². The first-order chi connectivity index (χ1) is 6.59. The minimum atomic E-state index is -0.758. The fourth-order valence-corrected chi connectivity index (χ4v) is 0.746. The van der Waals surface area contributed by atoms with Gasteiger partial charge in [0.2, 0.25) is 0 Å². The summed E-state index contributed by atoms with van der Waals surface area (Å²) in [5.74, 6) is -0.869. The van der Waals surface area contributed by atoms with Gasteiger partial charge in [0.25, 0.3) is 0 Å². The highest BCUT2D eigenvalue weighted by molar-refractivity contribution is 5.86. The predicted molar refractivity (Wildman–Crippen MR) is 46.7 cm³/mol. The molecule has 0 aromatic carbocycles. The highest BCUT2D eigenvalue weighted by atomic mass is 16.6. The molecule has 0 saturated heterocycles. The average Bonchev–Trinajstić information content (AvgIpc) is 2.51. The third-order valence-corrected chi connectivity index (χ3v) is 1.43. The van der Waals surface area contributed by atoms with E-state index < -0.39 is 11.8 Å². The van der Waals surface area contributed by atoms with Crippen LogP contribution in [0.4, 0.5) is 0 Å². The van der Waals surface area contributed by atoms with Crippen molar-refractivity contribution < 1.29 is 18.4 Å². The first-order valence-corrected chi connectivity index (χ1v) is 3.99. The van der Waals surface area contributed by atoms with Gasteiger partial charge in [-0.05, 0) is 6.92 Å². The lowest BCUT2D eigenvalue weighted by Gasteiger charge is -2.00. The van der Waals surface area contributed by atoms with E-state index in [0.29, 0.717) is 17.8 Å². The second-order valence-corrected chi connectivity index (χ2v) is 2.72. The average molecular weight is 198 g/mol. The molecule has 0 N–H and O–H groups in total. The second kappa shape index (κ2) is 4.45. The summed E-state index contributed by atoms with van der Waals surface area (Å²) in [6.07, 6.45) is 1.50. The molecular weight excluding hydrogens is 188 g/mol. The molecule has 5 heteroatoms. The van der Waals surface area contributed by atoms with Crippen molar-refractivity contribution in [3.05, 3.63) is 34.8 Å². The number of hydrogen-bond donors (Lipinski definition) is 0. The molecule has 0 bridgehead atoms. The second-order valence-electron chi connectivity index (χ2n) is 2.72. The lowest BCUT2D eigenvalue weighted by Crippen LogP contribution is -2.07. The van der Waals surface area contributed by atoms with E-state index in [0.717, 1.165) is 0 Å². The molecule has 0 aliphatic heterocycles. The van der Waals surface area contributed by atoms with Gasteiger partial charge in [0, 0.05) is 12.0 Å². The number of esters is 1. The van der Waals surface area contributed by atoms with Crippen LogP contribution in [-0.2, 0) is 16.0 Å². The summed E-state index contributed by atoms with van der Waals surface area (Å²) in [5, 5.41) is 0. The van der Waals surface area contributed by atoms with E-state index in [9.17, 15) is 9.59 Å². The van der Waals surface area contributed by atoms with Crippen LogP contribution in [0.1, 0.15) is 12.7 Å². The van der Waals surface area contributed by atoms with Crippen LogP contribution in [-0.4, -0.2) is 12.6 Å². The van der Waals surface area contributed by atoms with Crippen molar-refractivity contribution >= 4 is 5.97 Å². The van der Waals surface area contributed by atoms with Crippen LogP contribution in [0, 0.1) is 0 Å². The third kappa shape index (κ3) is 2.93. The van der Waals surface area contributed by atoms with Gasteiger partial charge in [0.05, 0.1) is 6.61 Å². The minimum Gasteiger partial charge on any atom is -0.462 e. The fraction of sp³-hybridized carbons (Fsp3) is 0.333. The van der Waals surface area contributed by atoms with Crippen LogP contribution < -0.4 is 5.82 Å². The van der Waals surface area contributed by atoms with Gasteiger partial charge in [0.1, 0.15) is 12.0 Å². The van der Waals surface area contributed by atoms with Gasteiger partial charge >= 0.3 is 11.8 Å². The summed E-state index contributed by atoms with van der Waals surface area (Å²) < 4.78 is 13.8. The first kappa shape index (κ1) is 10.3. The Hall–Kier alpha value is -1.78. The topological polar surface area (TPSA) is 69.7 Å². The van der Waals surface area contributed by atoms with Gasteiger partial charge in [-0.3, -0.25) is 0 Å². The number of carbonyl (C=O) groups excluding carboxylic acids is 1. The number of rotatable bonds is 4. The Balaban J connectivity index is 2.32. The molecule has 1 rings (SSSR count). The maximum absolute atomic E-state index is 10.9. The standard InChI is InChI=1S/C9H10O5/c1-6(2)8(10)12-4-3-7-5-13-9(11)14-7/h5H,1,3-4H2,2H3. The molecule has 0 atom stereocenters. The first-order valence-electron chi connectivity index (χ1n) is 3.99. The van der Waals surface area contributed by atoms with Crippen molar-refractivity contribution in [2.45, 2.75) is 13.3 Å². The molecule has 0 aliphatic carbocycles. The maximum atomic E-state index is 10.9. The lowest BCUT2D eigenvalue weighted by molar-refractivity contribution is -0.138. The van der Waals surface area contributed by atoms with Crippen LogP contribution in [0.3, 0.4) is 0 Å². The van der Waals surface area contributed by atoms with Crippen molar-refractivity contribution in [2.24, 2.45) is 0 Å². The zero-order valence-electron chi connectivity index (χ0n) is 7.74. The summed E-state index contributed by atoms with van der Waals surface area (Å²) in [5.41, 5.74) is 0.332. The van der Waals surface area contributed by atoms with Crippen molar-refractivity contribution in [1.29, 1.82) is 0 Å². The Morgan fingerprint density at radius 1 is 1.64 bits per heavy atom. The normalized spacial score (nSPS) is 9.79. The molecule has 0 amide bonds. The third-order valence-electron chi connectivity index (χ3n) is 1.43. The van der Waals surface area contributed by atoms with Crippen molar-refractivity contribution in [2.75, 3.05) is 6.61 Å². The lowest BCUT2D eigenvalue weighted by atomic mass is 10.3. The predicted octanol–water partition coefficient (Wildman–Crippen LogP) is 0.895. The maximum Gasteiger partial charge on any atom is 0.518 e. The highest BCUT2D eigenvalue weighted by Gasteiger charge is 2.05. The molecule has 0 fully saturated rings. The highest BCUT2D eigenvalue weighted by Crippen LogP contribution is 1.98. The van der Waals surface area contributed by atoms with E-state index in [1.165, 1.54) is 6.26 Å². The molecule has 1 aromatic heterocycles. The van der Waals surface area contributed by atoms with Crippen molar-refractivity contribution in [1.82, 2.24) is 0 Å². The summed E-state index contributed by atoms with van der Waals surface area (Å²) in [6.45, 7) is 5.11. The quantitative estimate of drug-likeness (QED) is 0.531. The Bertz CT molecular complexity index is 384. The SMILES string of the molecule is C=C(C)C(=O)OCCc1coc(=O)o1. The summed E-state index contributed by atoms with van der Waals surface area (Å²) in [7, 11) is 0. The van der Waals surface area contributed by atoms with Crippen LogP contribution in [0.15, 0.2) is 32.0 Å². The molecule has 0 aliphatic rings. The van der Waals surface area contributed by atoms with Gasteiger partial charge < -0.3 is 13.6 Å². The van der Waals surface area contributed by atoms with E-state index >= 15 is 0 Å². The van der Waals surface area contributed by atoms with Crippen LogP contribution >= 0.6 is 0 Å². The van der Waals surface area contributed by atoms with Crippen molar-refractivity contribution in [3.63, 3.8) is 0 Å². The van der Waals surface area contributed by atoms with Gasteiger partial charge in [-0.15, -0.1) is 0 Å². The van der Waals surface area contributed by atoms with Gasteiger partial charge in [0.15, 0.2) is 0 Å². The molecule has 14 heavy (non-hydrogen) atoms. The Morgan fingerprint density at radius 3 is 2.86 bits per heavy atom. The van der Waals surface area contributed by atoms with E-state index in [-0.39, 0.29) is 6.61 Å². The Labute approximate surface area is 80.0 Å². The molecule has 5 nitrogen and oxygen atoms in total. The largest absolute Gasteiger partial charge is 0.518 e. The molecule has 0 spiro atoms. The molecule has 1 aromatic rings. The number of carbonyl (C=O) groups is 1. The van der Waals surface area contributed by atoms with E-state index in [4.69, 9.17) is 4.74 Å². The van der Waals surface area contributed by atoms with E-state index in [1.807, 2.05) is 0 Å². The number of ether oxygens (including phenoxy) is 1. The molecule has 0 saturated carbocycles. The van der Waals surface area contributed by atoms with Crippen LogP contribution in [0.5, 0.6) is 0 Å². The smallest absolute Gasteiger partial charge is 0.462 e.